The topological polar surface area (TPSA) is 60.0 Å². The van der Waals surface area contributed by atoms with Crippen LogP contribution in [0.3, 0.4) is 0 Å². The molecule has 1 amide bonds. The molecule has 1 heterocycles. The summed E-state index contributed by atoms with van der Waals surface area (Å²) in [7, 11) is 1.67. The van der Waals surface area contributed by atoms with E-state index in [0.717, 1.165) is 13.0 Å². The van der Waals surface area contributed by atoms with Crippen molar-refractivity contribution in [2.75, 3.05) is 7.05 Å². The minimum absolute atomic E-state index is 0.104. The van der Waals surface area contributed by atoms with Gasteiger partial charge in [-0.3, -0.25) is 4.79 Å². The second kappa shape index (κ2) is 5.36. The molecule has 1 aliphatic carbocycles. The zero-order valence-electron chi connectivity index (χ0n) is 10.4. The molecule has 3 N–H and O–H groups in total. The molecule has 0 aliphatic heterocycles. The van der Waals surface area contributed by atoms with Gasteiger partial charge in [0, 0.05) is 38.4 Å². The van der Waals surface area contributed by atoms with Crippen molar-refractivity contribution < 1.29 is 4.79 Å². The highest BCUT2D eigenvalue weighted by atomic mass is 16.1. The second-order valence-electron chi connectivity index (χ2n) is 4.82. The van der Waals surface area contributed by atoms with E-state index in [2.05, 4.69) is 28.3 Å². The highest BCUT2D eigenvalue weighted by Gasteiger charge is 2.29. The first kappa shape index (κ1) is 12.2. The molecule has 1 unspecified atom stereocenters. The van der Waals surface area contributed by atoms with Gasteiger partial charge in [0.15, 0.2) is 0 Å². The van der Waals surface area contributed by atoms with Crippen LogP contribution < -0.4 is 11.1 Å². The van der Waals surface area contributed by atoms with E-state index in [9.17, 15) is 4.79 Å². The van der Waals surface area contributed by atoms with E-state index in [1.165, 1.54) is 18.4 Å². The van der Waals surface area contributed by atoms with Gasteiger partial charge in [-0.25, -0.2) is 0 Å². The molecular formula is C13H21N3O. The lowest BCUT2D eigenvalue weighted by atomic mass is 10.1. The Balaban J connectivity index is 1.79. The van der Waals surface area contributed by atoms with Gasteiger partial charge in [0.05, 0.1) is 0 Å². The van der Waals surface area contributed by atoms with Crippen LogP contribution in [0.5, 0.6) is 0 Å². The molecule has 0 bridgehead atoms. The predicted molar refractivity (Wildman–Crippen MR) is 67.4 cm³/mol. The average molecular weight is 235 g/mol. The van der Waals surface area contributed by atoms with Crippen molar-refractivity contribution in [1.29, 1.82) is 0 Å². The summed E-state index contributed by atoms with van der Waals surface area (Å²) in [6.45, 7) is 0.880. The molecule has 0 spiro atoms. The van der Waals surface area contributed by atoms with Crippen LogP contribution in [0, 0.1) is 5.92 Å². The maximum atomic E-state index is 11.1. The fraction of sp³-hybridized carbons (Fsp3) is 0.615. The highest BCUT2D eigenvalue weighted by Crippen LogP contribution is 2.39. The van der Waals surface area contributed by atoms with Gasteiger partial charge < -0.3 is 15.6 Å². The molecule has 1 aromatic heterocycles. The third-order valence-corrected chi connectivity index (χ3v) is 3.39. The third-order valence-electron chi connectivity index (χ3n) is 3.39. The summed E-state index contributed by atoms with van der Waals surface area (Å²) in [5.74, 6) is 0.795. The van der Waals surface area contributed by atoms with Crippen LogP contribution in [-0.2, 0) is 11.3 Å². The number of hydrogen-bond acceptors (Lipinski definition) is 2. The number of aromatic nitrogens is 1. The van der Waals surface area contributed by atoms with Gasteiger partial charge in [-0.1, -0.05) is 0 Å². The number of carbonyl (C=O) groups is 1. The normalized spacial score (nSPS) is 16.8. The van der Waals surface area contributed by atoms with Crippen molar-refractivity contribution in [2.24, 2.45) is 11.7 Å². The Labute approximate surface area is 102 Å². The molecule has 1 saturated carbocycles. The molecule has 4 heteroatoms. The molecule has 1 aliphatic rings. The maximum Gasteiger partial charge on any atom is 0.219 e. The largest absolute Gasteiger partial charge is 0.359 e. The van der Waals surface area contributed by atoms with E-state index in [1.54, 1.807) is 7.05 Å². The molecular weight excluding hydrogens is 214 g/mol. The zero-order chi connectivity index (χ0) is 12.3. The number of rotatable bonds is 6. The lowest BCUT2D eigenvalue weighted by Crippen LogP contribution is -2.17. The van der Waals surface area contributed by atoms with E-state index >= 15 is 0 Å². The third kappa shape index (κ3) is 3.33. The molecule has 0 saturated heterocycles. The van der Waals surface area contributed by atoms with Crippen LogP contribution in [0.1, 0.15) is 37.3 Å². The van der Waals surface area contributed by atoms with E-state index in [0.29, 0.717) is 12.3 Å². The molecule has 2 rings (SSSR count). The number of nitrogens with one attached hydrogen (secondary N) is 1. The smallest absolute Gasteiger partial charge is 0.219 e. The van der Waals surface area contributed by atoms with Crippen molar-refractivity contribution in [3.8, 4) is 0 Å². The van der Waals surface area contributed by atoms with Gasteiger partial charge in [0.1, 0.15) is 0 Å². The Kier molecular flexibility index (Phi) is 3.84. The minimum Gasteiger partial charge on any atom is -0.359 e. The van der Waals surface area contributed by atoms with Gasteiger partial charge >= 0.3 is 0 Å². The summed E-state index contributed by atoms with van der Waals surface area (Å²) in [5.41, 5.74) is 7.36. The Morgan fingerprint density at radius 1 is 1.65 bits per heavy atom. The summed E-state index contributed by atoms with van der Waals surface area (Å²) >= 11 is 0. The number of hydrogen-bond donors (Lipinski definition) is 2. The van der Waals surface area contributed by atoms with Gasteiger partial charge in [-0.15, -0.1) is 0 Å². The van der Waals surface area contributed by atoms with Crippen LogP contribution in [0.15, 0.2) is 18.5 Å². The van der Waals surface area contributed by atoms with E-state index < -0.39 is 0 Å². The van der Waals surface area contributed by atoms with Crippen molar-refractivity contribution in [1.82, 2.24) is 9.88 Å². The fourth-order valence-electron chi connectivity index (χ4n) is 2.07. The second-order valence-corrected chi connectivity index (χ2v) is 4.82. The molecule has 1 atom stereocenters. The van der Waals surface area contributed by atoms with E-state index in [1.807, 2.05) is 0 Å². The summed E-state index contributed by atoms with van der Waals surface area (Å²) < 4.78 is 2.13. The Morgan fingerprint density at radius 2 is 2.41 bits per heavy atom. The standard InChI is InChI=1S/C13H21N3O/c1-15-12(17)3-2-7-16-8-6-11(9-16)13(14)10-4-5-10/h6,8-10,13H,2-5,7,14H2,1H3,(H,15,17). The van der Waals surface area contributed by atoms with Crippen molar-refractivity contribution in [2.45, 2.75) is 38.3 Å². The van der Waals surface area contributed by atoms with Crippen molar-refractivity contribution >= 4 is 5.91 Å². The van der Waals surface area contributed by atoms with Crippen LogP contribution in [-0.4, -0.2) is 17.5 Å². The number of carbonyl (C=O) groups excluding carboxylic acids is 1. The summed E-state index contributed by atoms with van der Waals surface area (Å²) in [6, 6.07) is 2.30. The molecule has 0 aromatic carbocycles. The lowest BCUT2D eigenvalue weighted by molar-refractivity contribution is -0.120. The summed E-state index contributed by atoms with van der Waals surface area (Å²) in [6.07, 6.45) is 8.16. The van der Waals surface area contributed by atoms with Crippen LogP contribution in [0.2, 0.25) is 0 Å². The molecule has 4 nitrogen and oxygen atoms in total. The van der Waals surface area contributed by atoms with E-state index in [-0.39, 0.29) is 11.9 Å². The first-order chi connectivity index (χ1) is 8.20. The van der Waals surface area contributed by atoms with Gasteiger partial charge in [0.2, 0.25) is 5.91 Å². The van der Waals surface area contributed by atoms with Crippen molar-refractivity contribution in [3.63, 3.8) is 0 Å². The van der Waals surface area contributed by atoms with E-state index in [4.69, 9.17) is 5.73 Å². The number of nitrogens with two attached hydrogens (primary N) is 1. The predicted octanol–water partition coefficient (Wildman–Crippen LogP) is 1.42. The fourth-order valence-corrected chi connectivity index (χ4v) is 2.07. The quantitative estimate of drug-likeness (QED) is 0.783. The number of aryl methyl sites for hydroxylation is 1. The molecule has 94 valence electrons. The Hall–Kier alpha value is -1.29. The SMILES string of the molecule is CNC(=O)CCCn1ccc(C(N)C2CC2)c1. The first-order valence-corrected chi connectivity index (χ1v) is 6.32. The monoisotopic (exact) mass is 235 g/mol. The van der Waals surface area contributed by atoms with Crippen LogP contribution >= 0.6 is 0 Å². The summed E-state index contributed by atoms with van der Waals surface area (Å²) in [5, 5.41) is 2.63. The Bertz CT molecular complexity index is 382. The van der Waals surface area contributed by atoms with Crippen LogP contribution in [0.4, 0.5) is 0 Å². The molecule has 1 aromatic rings. The van der Waals surface area contributed by atoms with Crippen LogP contribution in [0.25, 0.3) is 0 Å². The minimum atomic E-state index is 0.104. The van der Waals surface area contributed by atoms with Gasteiger partial charge in [-0.2, -0.15) is 0 Å². The molecule has 1 fully saturated rings. The summed E-state index contributed by atoms with van der Waals surface area (Å²) in [4.78, 5) is 11.1. The number of nitrogens with zero attached hydrogens (tertiary/aromatic N) is 1. The molecule has 0 radical (unpaired) electrons. The Morgan fingerprint density at radius 3 is 3.06 bits per heavy atom. The highest BCUT2D eigenvalue weighted by molar-refractivity contribution is 5.75. The van der Waals surface area contributed by atoms with Crippen molar-refractivity contribution in [3.05, 3.63) is 24.0 Å². The number of amides is 1. The molecule has 17 heavy (non-hydrogen) atoms. The average Bonchev–Trinajstić information content (AvgIpc) is 3.08. The first-order valence-electron chi connectivity index (χ1n) is 6.32. The van der Waals surface area contributed by atoms with Gasteiger partial charge in [-0.05, 0) is 36.8 Å². The van der Waals surface area contributed by atoms with Gasteiger partial charge in [0.25, 0.3) is 0 Å². The lowest BCUT2D eigenvalue weighted by Gasteiger charge is -2.07. The maximum absolute atomic E-state index is 11.1. The zero-order valence-corrected chi connectivity index (χ0v) is 10.4.